The fourth-order valence-electron chi connectivity index (χ4n) is 4.46. The first-order valence-electron chi connectivity index (χ1n) is 9.65. The molecule has 4 heteroatoms. The van der Waals surface area contributed by atoms with E-state index in [-0.39, 0.29) is 11.9 Å². The van der Waals surface area contributed by atoms with Crippen LogP contribution in [0.2, 0.25) is 0 Å². The lowest BCUT2D eigenvalue weighted by molar-refractivity contribution is -0.133. The van der Waals surface area contributed by atoms with Gasteiger partial charge < -0.3 is 4.90 Å². The highest BCUT2D eigenvalue weighted by atomic mass is 16.2. The van der Waals surface area contributed by atoms with Gasteiger partial charge in [0.25, 0.3) is 0 Å². The van der Waals surface area contributed by atoms with E-state index in [2.05, 4.69) is 61.0 Å². The number of carbonyl (C=O) groups excluding carboxylic acids is 1. The molecule has 4 nitrogen and oxygen atoms in total. The van der Waals surface area contributed by atoms with Crippen LogP contribution in [0.3, 0.4) is 0 Å². The summed E-state index contributed by atoms with van der Waals surface area (Å²) in [4.78, 5) is 19.1. The van der Waals surface area contributed by atoms with Gasteiger partial charge in [-0.05, 0) is 51.6 Å². The molecule has 2 heterocycles. The number of hydrogen-bond acceptors (Lipinski definition) is 3. The molecule has 0 saturated carbocycles. The number of hydrogen-bond donors (Lipinski definition) is 0. The number of likely N-dealkylation sites (N-methyl/N-ethyl adjacent to an activating group) is 2. The third-order valence-electron chi connectivity index (χ3n) is 6.51. The van der Waals surface area contributed by atoms with Crippen LogP contribution in [0, 0.1) is 0 Å². The van der Waals surface area contributed by atoms with E-state index >= 15 is 0 Å². The van der Waals surface area contributed by atoms with Crippen molar-refractivity contribution in [2.45, 2.75) is 50.6 Å². The summed E-state index contributed by atoms with van der Waals surface area (Å²) in [5, 5.41) is 0. The minimum atomic E-state index is 0.243. The van der Waals surface area contributed by atoms with Gasteiger partial charge >= 0.3 is 0 Å². The van der Waals surface area contributed by atoms with Gasteiger partial charge in [0.1, 0.15) is 0 Å². The predicted octanol–water partition coefficient (Wildman–Crippen LogP) is 2.81. The second-order valence-corrected chi connectivity index (χ2v) is 8.29. The summed E-state index contributed by atoms with van der Waals surface area (Å²) >= 11 is 0. The molecule has 0 unspecified atom stereocenters. The first-order chi connectivity index (χ1) is 11.9. The molecule has 1 aromatic rings. The lowest BCUT2D eigenvalue weighted by Crippen LogP contribution is -2.52. The summed E-state index contributed by atoms with van der Waals surface area (Å²) < 4.78 is 0. The van der Waals surface area contributed by atoms with E-state index < -0.39 is 0 Å². The molecule has 138 valence electrons. The molecule has 1 aromatic carbocycles. The molecule has 2 aliphatic rings. The van der Waals surface area contributed by atoms with Crippen LogP contribution >= 0.6 is 0 Å². The van der Waals surface area contributed by atoms with Crippen LogP contribution in [0.5, 0.6) is 0 Å². The van der Waals surface area contributed by atoms with Crippen molar-refractivity contribution in [2.75, 3.05) is 40.3 Å². The molecule has 3 rings (SSSR count). The van der Waals surface area contributed by atoms with Crippen LogP contribution in [-0.2, 0) is 4.79 Å². The van der Waals surface area contributed by atoms with Crippen molar-refractivity contribution >= 4 is 5.91 Å². The van der Waals surface area contributed by atoms with E-state index in [9.17, 15) is 4.79 Å². The highest BCUT2D eigenvalue weighted by molar-refractivity contribution is 5.78. The van der Waals surface area contributed by atoms with Gasteiger partial charge in [-0.15, -0.1) is 0 Å². The summed E-state index contributed by atoms with van der Waals surface area (Å²) in [6.45, 7) is 7.92. The fourth-order valence-corrected chi connectivity index (χ4v) is 4.46. The monoisotopic (exact) mass is 343 g/mol. The number of nitrogens with zero attached hydrogens (tertiary/aromatic N) is 3. The van der Waals surface area contributed by atoms with E-state index in [0.717, 1.165) is 19.6 Å². The van der Waals surface area contributed by atoms with Gasteiger partial charge in [0.05, 0.1) is 6.54 Å². The largest absolute Gasteiger partial charge is 0.342 e. The number of benzene rings is 1. The normalized spacial score (nSPS) is 24.1. The molecule has 1 spiro atoms. The zero-order chi connectivity index (χ0) is 18.0. The third kappa shape index (κ3) is 3.90. The number of rotatable bonds is 4. The molecule has 2 aliphatic heterocycles. The first-order valence-corrected chi connectivity index (χ1v) is 9.65. The van der Waals surface area contributed by atoms with E-state index in [0.29, 0.717) is 18.0 Å². The van der Waals surface area contributed by atoms with Gasteiger partial charge in [0.2, 0.25) is 5.91 Å². The number of amides is 1. The minimum absolute atomic E-state index is 0.243. The lowest BCUT2D eigenvalue weighted by Gasteiger charge is -2.43. The SMILES string of the molecule is CC(C)N(C)C(=O)CN1CCC2(CC1)C[C@H](c1ccccc1)CN2C. The number of carbonyl (C=O) groups is 1. The van der Waals surface area contributed by atoms with Crippen LogP contribution in [0.1, 0.15) is 44.6 Å². The minimum Gasteiger partial charge on any atom is -0.342 e. The Bertz CT molecular complexity index is 578. The quantitative estimate of drug-likeness (QED) is 0.841. The topological polar surface area (TPSA) is 26.8 Å². The maximum atomic E-state index is 12.3. The van der Waals surface area contributed by atoms with Gasteiger partial charge in [-0.3, -0.25) is 14.6 Å². The Morgan fingerprint density at radius 2 is 1.88 bits per heavy atom. The molecule has 0 aliphatic carbocycles. The molecule has 25 heavy (non-hydrogen) atoms. The van der Waals surface area contributed by atoms with Crippen molar-refractivity contribution < 1.29 is 4.79 Å². The zero-order valence-electron chi connectivity index (χ0n) is 16.2. The summed E-state index contributed by atoms with van der Waals surface area (Å²) in [6.07, 6.45) is 3.60. The second kappa shape index (κ2) is 7.46. The summed E-state index contributed by atoms with van der Waals surface area (Å²) in [7, 11) is 4.20. The molecule has 0 bridgehead atoms. The highest BCUT2D eigenvalue weighted by Crippen LogP contribution is 2.43. The van der Waals surface area contributed by atoms with Gasteiger partial charge in [-0.25, -0.2) is 0 Å². The van der Waals surface area contributed by atoms with Crippen LogP contribution in [0.15, 0.2) is 30.3 Å². The van der Waals surface area contributed by atoms with Crippen molar-refractivity contribution in [3.8, 4) is 0 Å². The van der Waals surface area contributed by atoms with Gasteiger partial charge in [0, 0.05) is 38.3 Å². The van der Waals surface area contributed by atoms with Crippen molar-refractivity contribution in [1.82, 2.24) is 14.7 Å². The van der Waals surface area contributed by atoms with Crippen molar-refractivity contribution in [3.05, 3.63) is 35.9 Å². The fraction of sp³-hybridized carbons (Fsp3) is 0.667. The molecule has 1 amide bonds. The number of piperidine rings is 1. The molecule has 2 fully saturated rings. The van der Waals surface area contributed by atoms with E-state index in [1.807, 2.05) is 11.9 Å². The maximum Gasteiger partial charge on any atom is 0.236 e. The Labute approximate surface area is 152 Å². The second-order valence-electron chi connectivity index (χ2n) is 8.29. The summed E-state index contributed by atoms with van der Waals surface area (Å²) in [5.74, 6) is 0.888. The standard InChI is InChI=1S/C21H33N3O/c1-17(2)23(4)20(25)16-24-12-10-21(11-13-24)14-19(15-22(21)3)18-8-6-5-7-9-18/h5-9,17,19H,10-16H2,1-4H3/t19-/m0/s1. The molecule has 0 N–H and O–H groups in total. The van der Waals surface area contributed by atoms with Crippen LogP contribution in [0.4, 0.5) is 0 Å². The van der Waals surface area contributed by atoms with Crippen molar-refractivity contribution in [1.29, 1.82) is 0 Å². The van der Waals surface area contributed by atoms with Crippen LogP contribution in [-0.4, -0.2) is 72.5 Å². The Hall–Kier alpha value is -1.39. The molecular formula is C21H33N3O. The average Bonchev–Trinajstić information content (AvgIpc) is 2.93. The smallest absolute Gasteiger partial charge is 0.236 e. The first kappa shape index (κ1) is 18.4. The highest BCUT2D eigenvalue weighted by Gasteiger charge is 2.45. The third-order valence-corrected chi connectivity index (χ3v) is 6.51. The van der Waals surface area contributed by atoms with Gasteiger partial charge in [-0.2, -0.15) is 0 Å². The average molecular weight is 344 g/mol. The Kier molecular flexibility index (Phi) is 5.49. The summed E-state index contributed by atoms with van der Waals surface area (Å²) in [6, 6.07) is 11.2. The maximum absolute atomic E-state index is 12.3. The van der Waals surface area contributed by atoms with Gasteiger partial charge in [0.15, 0.2) is 0 Å². The Balaban J connectivity index is 1.57. The zero-order valence-corrected chi connectivity index (χ0v) is 16.2. The molecular weight excluding hydrogens is 310 g/mol. The van der Waals surface area contributed by atoms with Crippen LogP contribution < -0.4 is 0 Å². The molecule has 0 aromatic heterocycles. The summed E-state index contributed by atoms with van der Waals surface area (Å²) in [5.41, 5.74) is 1.80. The van der Waals surface area contributed by atoms with E-state index in [4.69, 9.17) is 0 Å². The van der Waals surface area contributed by atoms with Crippen molar-refractivity contribution in [2.24, 2.45) is 0 Å². The molecule has 1 atom stereocenters. The lowest BCUT2D eigenvalue weighted by atomic mass is 9.81. The number of likely N-dealkylation sites (tertiary alicyclic amines) is 2. The van der Waals surface area contributed by atoms with Gasteiger partial charge in [-0.1, -0.05) is 30.3 Å². The Morgan fingerprint density at radius 3 is 2.48 bits per heavy atom. The predicted molar refractivity (Wildman–Crippen MR) is 103 cm³/mol. The molecule has 0 radical (unpaired) electrons. The van der Waals surface area contributed by atoms with E-state index in [1.165, 1.54) is 24.8 Å². The molecule has 2 saturated heterocycles. The van der Waals surface area contributed by atoms with Crippen LogP contribution in [0.25, 0.3) is 0 Å². The van der Waals surface area contributed by atoms with Crippen molar-refractivity contribution in [3.63, 3.8) is 0 Å². The Morgan fingerprint density at radius 1 is 1.24 bits per heavy atom. The van der Waals surface area contributed by atoms with E-state index in [1.54, 1.807) is 0 Å².